The Morgan fingerprint density at radius 3 is 2.26 bits per heavy atom. The number of hydrogen-bond donors (Lipinski definition) is 3. The molecule has 0 radical (unpaired) electrons. The first kappa shape index (κ1) is 13.7. The van der Waals surface area contributed by atoms with Gasteiger partial charge in [0.05, 0.1) is 18.8 Å². The maximum absolute atomic E-state index is 9.48. The molecule has 2 aromatic rings. The van der Waals surface area contributed by atoms with E-state index in [0.29, 0.717) is 6.54 Å². The van der Waals surface area contributed by atoms with E-state index in [0.717, 1.165) is 11.1 Å². The minimum absolute atomic E-state index is 0.0228. The van der Waals surface area contributed by atoms with E-state index in [4.69, 9.17) is 5.11 Å². The molecule has 2 rings (SSSR count). The van der Waals surface area contributed by atoms with Crippen LogP contribution in [0.15, 0.2) is 54.9 Å². The van der Waals surface area contributed by atoms with Gasteiger partial charge in [0.2, 0.25) is 0 Å². The molecule has 1 aromatic carbocycles. The maximum Gasteiger partial charge on any atom is 0.0895 e. The van der Waals surface area contributed by atoms with E-state index in [1.54, 1.807) is 12.4 Å². The van der Waals surface area contributed by atoms with Crippen molar-refractivity contribution in [1.82, 2.24) is 10.3 Å². The van der Waals surface area contributed by atoms with Gasteiger partial charge in [0.15, 0.2) is 0 Å². The van der Waals surface area contributed by atoms with Crippen molar-refractivity contribution in [2.75, 3.05) is 13.2 Å². The molecule has 0 fully saturated rings. The molecule has 1 aromatic heterocycles. The number of aromatic nitrogens is 1. The highest BCUT2D eigenvalue weighted by Crippen LogP contribution is 2.21. The molecule has 1 unspecified atom stereocenters. The van der Waals surface area contributed by atoms with Crippen LogP contribution in [-0.4, -0.2) is 34.5 Å². The maximum atomic E-state index is 9.48. The highest BCUT2D eigenvalue weighted by Gasteiger charge is 2.14. The predicted octanol–water partition coefficient (Wildman–Crippen LogP) is 1.11. The van der Waals surface area contributed by atoms with Crippen molar-refractivity contribution >= 4 is 0 Å². The van der Waals surface area contributed by atoms with Crippen LogP contribution in [0.2, 0.25) is 0 Å². The summed E-state index contributed by atoms with van der Waals surface area (Å²) in [6.45, 7) is 0.0865. The highest BCUT2D eigenvalue weighted by molar-refractivity contribution is 5.30. The van der Waals surface area contributed by atoms with Gasteiger partial charge < -0.3 is 15.5 Å². The van der Waals surface area contributed by atoms with Gasteiger partial charge in [-0.05, 0) is 23.3 Å². The molecule has 100 valence electrons. The second-order valence-electron chi connectivity index (χ2n) is 4.37. The van der Waals surface area contributed by atoms with Gasteiger partial charge in [0.25, 0.3) is 0 Å². The fourth-order valence-corrected chi connectivity index (χ4v) is 1.95. The Hall–Kier alpha value is -1.75. The average molecular weight is 258 g/mol. The third-order valence-corrected chi connectivity index (χ3v) is 2.94. The molecule has 4 heteroatoms. The summed E-state index contributed by atoms with van der Waals surface area (Å²) in [5.41, 5.74) is 2.19. The van der Waals surface area contributed by atoms with Crippen LogP contribution in [-0.2, 0) is 0 Å². The van der Waals surface area contributed by atoms with E-state index in [9.17, 15) is 5.11 Å². The predicted molar refractivity (Wildman–Crippen MR) is 73.6 cm³/mol. The Morgan fingerprint density at radius 2 is 1.63 bits per heavy atom. The van der Waals surface area contributed by atoms with Gasteiger partial charge >= 0.3 is 0 Å². The number of hydrogen-bond acceptors (Lipinski definition) is 4. The van der Waals surface area contributed by atoms with Gasteiger partial charge in [0, 0.05) is 18.9 Å². The molecule has 3 N–H and O–H groups in total. The molecule has 0 aliphatic carbocycles. The van der Waals surface area contributed by atoms with Gasteiger partial charge in [-0.3, -0.25) is 4.98 Å². The van der Waals surface area contributed by atoms with Crippen molar-refractivity contribution in [3.63, 3.8) is 0 Å². The Bertz CT molecular complexity index is 437. The van der Waals surface area contributed by atoms with Crippen molar-refractivity contribution in [2.24, 2.45) is 0 Å². The molecule has 0 saturated carbocycles. The Balaban J connectivity index is 2.19. The molecule has 19 heavy (non-hydrogen) atoms. The van der Waals surface area contributed by atoms with Gasteiger partial charge in [-0.15, -0.1) is 0 Å². The van der Waals surface area contributed by atoms with Gasteiger partial charge in [-0.25, -0.2) is 0 Å². The quantitative estimate of drug-likeness (QED) is 0.726. The molecule has 0 amide bonds. The van der Waals surface area contributed by atoms with Crippen molar-refractivity contribution in [2.45, 2.75) is 12.1 Å². The number of rotatable bonds is 6. The summed E-state index contributed by atoms with van der Waals surface area (Å²) in [6.07, 6.45) is 2.73. The number of pyridine rings is 1. The van der Waals surface area contributed by atoms with Crippen LogP contribution in [0.3, 0.4) is 0 Å². The normalized spacial score (nSPS) is 14.0. The summed E-state index contributed by atoms with van der Waals surface area (Å²) in [7, 11) is 0. The van der Waals surface area contributed by atoms with Crippen molar-refractivity contribution in [3.05, 3.63) is 66.0 Å². The van der Waals surface area contributed by atoms with E-state index in [1.165, 1.54) is 0 Å². The molecular weight excluding hydrogens is 240 g/mol. The monoisotopic (exact) mass is 258 g/mol. The number of benzene rings is 1. The Kier molecular flexibility index (Phi) is 5.03. The topological polar surface area (TPSA) is 65.4 Å². The summed E-state index contributed by atoms with van der Waals surface area (Å²) in [4.78, 5) is 4.02. The van der Waals surface area contributed by atoms with E-state index < -0.39 is 6.10 Å². The molecule has 4 nitrogen and oxygen atoms in total. The third-order valence-electron chi connectivity index (χ3n) is 2.94. The molecule has 0 aliphatic heterocycles. The zero-order chi connectivity index (χ0) is 13.5. The molecule has 0 aliphatic rings. The van der Waals surface area contributed by atoms with Crippen LogP contribution in [0.1, 0.15) is 17.2 Å². The summed E-state index contributed by atoms with van der Waals surface area (Å²) < 4.78 is 0. The minimum Gasteiger partial charge on any atom is -0.394 e. The fourth-order valence-electron chi connectivity index (χ4n) is 1.95. The molecule has 1 heterocycles. The number of nitrogens with zero attached hydrogens (tertiary/aromatic N) is 1. The van der Waals surface area contributed by atoms with Crippen LogP contribution in [0.4, 0.5) is 0 Å². The zero-order valence-corrected chi connectivity index (χ0v) is 10.6. The molecule has 2 atom stereocenters. The number of nitrogens with one attached hydrogen (secondary N) is 1. The Labute approximate surface area is 112 Å². The first-order valence-corrected chi connectivity index (χ1v) is 6.28. The van der Waals surface area contributed by atoms with E-state index >= 15 is 0 Å². The summed E-state index contributed by atoms with van der Waals surface area (Å²) in [6, 6.07) is 13.8. The van der Waals surface area contributed by atoms with Gasteiger partial charge in [-0.1, -0.05) is 30.3 Å². The lowest BCUT2D eigenvalue weighted by Gasteiger charge is -2.21. The van der Waals surface area contributed by atoms with Crippen molar-refractivity contribution < 1.29 is 10.2 Å². The van der Waals surface area contributed by atoms with E-state index in [2.05, 4.69) is 10.3 Å². The zero-order valence-electron chi connectivity index (χ0n) is 10.6. The minimum atomic E-state index is -0.756. The number of aliphatic hydroxyl groups is 2. The number of aliphatic hydroxyl groups excluding tert-OH is 2. The van der Waals surface area contributed by atoms with Crippen molar-refractivity contribution in [3.8, 4) is 0 Å². The molecule has 0 saturated heterocycles. The van der Waals surface area contributed by atoms with Crippen LogP contribution >= 0.6 is 0 Å². The van der Waals surface area contributed by atoms with Gasteiger partial charge in [0.1, 0.15) is 0 Å². The first-order valence-electron chi connectivity index (χ1n) is 6.28. The Morgan fingerprint density at radius 1 is 1.00 bits per heavy atom. The van der Waals surface area contributed by atoms with Crippen LogP contribution < -0.4 is 5.32 Å². The van der Waals surface area contributed by atoms with E-state index in [1.807, 2.05) is 42.5 Å². The van der Waals surface area contributed by atoms with Crippen LogP contribution in [0, 0.1) is 0 Å². The second-order valence-corrected chi connectivity index (χ2v) is 4.37. The van der Waals surface area contributed by atoms with Crippen molar-refractivity contribution in [1.29, 1.82) is 0 Å². The highest BCUT2D eigenvalue weighted by atomic mass is 16.3. The second kappa shape index (κ2) is 6.99. The summed E-state index contributed by atoms with van der Waals surface area (Å²) >= 11 is 0. The molecule has 0 bridgehead atoms. The van der Waals surface area contributed by atoms with Gasteiger partial charge in [-0.2, -0.15) is 0 Å². The molecular formula is C15H18N2O2. The standard InChI is InChI=1S/C15H18N2O2/c18-11-14(19)10-17-15(12-4-2-1-3-5-12)13-6-8-16-9-7-13/h1-9,14-15,17-19H,10-11H2/t14-,15?/m0/s1. The van der Waals surface area contributed by atoms with E-state index in [-0.39, 0.29) is 12.6 Å². The molecule has 0 spiro atoms. The first-order chi connectivity index (χ1) is 9.31. The average Bonchev–Trinajstić information content (AvgIpc) is 2.49. The lowest BCUT2D eigenvalue weighted by atomic mass is 9.99. The largest absolute Gasteiger partial charge is 0.394 e. The smallest absolute Gasteiger partial charge is 0.0895 e. The van der Waals surface area contributed by atoms with Crippen LogP contribution in [0.25, 0.3) is 0 Å². The lowest BCUT2D eigenvalue weighted by Crippen LogP contribution is -2.32. The summed E-state index contributed by atoms with van der Waals surface area (Å²) in [5, 5.41) is 21.6. The lowest BCUT2D eigenvalue weighted by molar-refractivity contribution is 0.0929. The fraction of sp³-hybridized carbons (Fsp3) is 0.267. The third kappa shape index (κ3) is 3.86. The van der Waals surface area contributed by atoms with Crippen LogP contribution in [0.5, 0.6) is 0 Å². The SMILES string of the molecule is OC[C@@H](O)CNC(c1ccccc1)c1ccncc1. The summed E-state index contributed by atoms with van der Waals surface area (Å²) in [5.74, 6) is 0.